The average Bonchev–Trinajstić information content (AvgIpc) is 2.19. The van der Waals surface area contributed by atoms with Crippen LogP contribution in [0.3, 0.4) is 0 Å². The van der Waals surface area contributed by atoms with Crippen molar-refractivity contribution >= 4 is 21.5 Å². The minimum Gasteiger partial charge on any atom is -0.495 e. The van der Waals surface area contributed by atoms with Crippen LogP contribution in [-0.4, -0.2) is 32.9 Å². The van der Waals surface area contributed by atoms with Crippen molar-refractivity contribution in [1.82, 2.24) is 0 Å². The van der Waals surface area contributed by atoms with Crippen molar-refractivity contribution in [3.8, 4) is 5.75 Å². The Hall–Kier alpha value is -1.76. The molecule has 0 saturated carbocycles. The third-order valence-electron chi connectivity index (χ3n) is 2.37. The van der Waals surface area contributed by atoms with Crippen LogP contribution < -0.4 is 10.5 Å². The molecule has 7 heteroatoms. The summed E-state index contributed by atoms with van der Waals surface area (Å²) in [5, 5.41) is 8.94. The van der Waals surface area contributed by atoms with Gasteiger partial charge < -0.3 is 15.6 Å². The number of carboxylic acids is 1. The molecule has 0 radical (unpaired) electrons. The number of carbonyl (C=O) groups is 1. The van der Waals surface area contributed by atoms with Gasteiger partial charge in [0, 0.05) is 6.26 Å². The van der Waals surface area contributed by atoms with Crippen LogP contribution in [0.1, 0.15) is 15.9 Å². The van der Waals surface area contributed by atoms with E-state index >= 15 is 0 Å². The van der Waals surface area contributed by atoms with Crippen LogP contribution in [0.5, 0.6) is 5.75 Å². The first-order valence-corrected chi connectivity index (χ1v) is 6.49. The van der Waals surface area contributed by atoms with Gasteiger partial charge in [-0.15, -0.1) is 0 Å². The minimum atomic E-state index is -3.58. The standard InChI is InChI=1S/C10H13NO5S/c1-5-6(10(12)13)4-7(16-2)9(8(5)11)17(3,14)15/h4H,11H2,1-3H3,(H,12,13). The predicted molar refractivity (Wildman–Crippen MR) is 62.2 cm³/mol. The third-order valence-corrected chi connectivity index (χ3v) is 3.54. The molecule has 6 nitrogen and oxygen atoms in total. The van der Waals surface area contributed by atoms with Crippen LogP contribution in [0.15, 0.2) is 11.0 Å². The van der Waals surface area contributed by atoms with Crippen LogP contribution in [0.2, 0.25) is 0 Å². The zero-order chi connectivity index (χ0) is 13.4. The van der Waals surface area contributed by atoms with E-state index in [1.54, 1.807) is 0 Å². The summed E-state index contributed by atoms with van der Waals surface area (Å²) < 4.78 is 28.0. The molecule has 1 rings (SSSR count). The molecule has 0 atom stereocenters. The van der Waals surface area contributed by atoms with Crippen molar-refractivity contribution in [2.45, 2.75) is 11.8 Å². The van der Waals surface area contributed by atoms with Gasteiger partial charge in [-0.05, 0) is 18.6 Å². The molecule has 0 bridgehead atoms. The normalized spacial score (nSPS) is 11.2. The molecular weight excluding hydrogens is 246 g/mol. The van der Waals surface area contributed by atoms with E-state index in [1.807, 2.05) is 0 Å². The van der Waals surface area contributed by atoms with Crippen molar-refractivity contribution in [3.05, 3.63) is 17.2 Å². The first kappa shape index (κ1) is 13.3. The van der Waals surface area contributed by atoms with E-state index in [4.69, 9.17) is 15.6 Å². The first-order chi connectivity index (χ1) is 7.70. The van der Waals surface area contributed by atoms with Gasteiger partial charge in [-0.25, -0.2) is 13.2 Å². The highest BCUT2D eigenvalue weighted by Crippen LogP contribution is 2.34. The molecule has 0 aliphatic rings. The molecule has 0 saturated heterocycles. The Labute approximate surface area is 98.9 Å². The Kier molecular flexibility index (Phi) is 3.33. The summed E-state index contributed by atoms with van der Waals surface area (Å²) in [6.45, 7) is 1.45. The molecule has 94 valence electrons. The van der Waals surface area contributed by atoms with E-state index in [1.165, 1.54) is 14.0 Å². The number of anilines is 1. The number of rotatable bonds is 3. The number of ether oxygens (including phenoxy) is 1. The summed E-state index contributed by atoms with van der Waals surface area (Å²) in [6, 6.07) is 1.16. The molecule has 1 aromatic carbocycles. The molecule has 0 spiro atoms. The number of nitrogens with two attached hydrogens (primary N) is 1. The maximum Gasteiger partial charge on any atom is 0.336 e. The number of nitrogen functional groups attached to an aromatic ring is 1. The smallest absolute Gasteiger partial charge is 0.336 e. The lowest BCUT2D eigenvalue weighted by molar-refractivity contribution is 0.0695. The number of methoxy groups -OCH3 is 1. The fourth-order valence-corrected chi connectivity index (χ4v) is 2.57. The highest BCUT2D eigenvalue weighted by atomic mass is 32.2. The van der Waals surface area contributed by atoms with Gasteiger partial charge in [0.2, 0.25) is 0 Å². The molecule has 0 fully saturated rings. The molecule has 0 amide bonds. The molecule has 1 aromatic rings. The monoisotopic (exact) mass is 259 g/mol. The van der Waals surface area contributed by atoms with Gasteiger partial charge in [0.15, 0.2) is 9.84 Å². The average molecular weight is 259 g/mol. The van der Waals surface area contributed by atoms with Gasteiger partial charge in [0.25, 0.3) is 0 Å². The summed E-state index contributed by atoms with van der Waals surface area (Å²) in [6.07, 6.45) is 0.987. The maximum absolute atomic E-state index is 11.6. The maximum atomic E-state index is 11.6. The quantitative estimate of drug-likeness (QED) is 0.773. The molecule has 17 heavy (non-hydrogen) atoms. The van der Waals surface area contributed by atoms with Gasteiger partial charge in [-0.3, -0.25) is 0 Å². The lowest BCUT2D eigenvalue weighted by atomic mass is 10.1. The lowest BCUT2D eigenvalue weighted by Crippen LogP contribution is -2.11. The topological polar surface area (TPSA) is 107 Å². The Bertz CT molecular complexity index is 577. The number of benzene rings is 1. The fraction of sp³-hybridized carbons (Fsp3) is 0.300. The van der Waals surface area contributed by atoms with Crippen LogP contribution in [0.4, 0.5) is 5.69 Å². The summed E-state index contributed by atoms with van der Waals surface area (Å²) in [7, 11) is -2.33. The summed E-state index contributed by atoms with van der Waals surface area (Å²) in [5.41, 5.74) is 5.70. The molecular formula is C10H13NO5S. The van der Waals surface area contributed by atoms with Crippen molar-refractivity contribution in [2.75, 3.05) is 19.1 Å². The van der Waals surface area contributed by atoms with Gasteiger partial charge >= 0.3 is 5.97 Å². The summed E-state index contributed by atoms with van der Waals surface area (Å²) in [5.74, 6) is -1.25. The molecule has 0 aliphatic carbocycles. The van der Waals surface area contributed by atoms with Gasteiger partial charge in [-0.2, -0.15) is 0 Å². The highest BCUT2D eigenvalue weighted by Gasteiger charge is 2.24. The van der Waals surface area contributed by atoms with Crippen molar-refractivity contribution in [1.29, 1.82) is 0 Å². The second kappa shape index (κ2) is 4.25. The lowest BCUT2D eigenvalue weighted by Gasteiger charge is -2.14. The Morgan fingerprint density at radius 3 is 2.35 bits per heavy atom. The van der Waals surface area contributed by atoms with E-state index in [9.17, 15) is 13.2 Å². The highest BCUT2D eigenvalue weighted by molar-refractivity contribution is 7.91. The molecule has 3 N–H and O–H groups in total. The number of aromatic carboxylic acids is 1. The molecule has 0 aromatic heterocycles. The summed E-state index contributed by atoms with van der Waals surface area (Å²) in [4.78, 5) is 10.8. The predicted octanol–water partition coefficient (Wildman–Crippen LogP) is 0.688. The van der Waals surface area contributed by atoms with Crippen molar-refractivity contribution in [3.63, 3.8) is 0 Å². The number of sulfone groups is 1. The van der Waals surface area contributed by atoms with Crippen LogP contribution in [0, 0.1) is 6.92 Å². The number of carboxylic acid groups (broad SMARTS) is 1. The zero-order valence-electron chi connectivity index (χ0n) is 9.64. The molecule has 0 heterocycles. The first-order valence-electron chi connectivity index (χ1n) is 4.60. The van der Waals surface area contributed by atoms with Crippen LogP contribution >= 0.6 is 0 Å². The molecule has 0 aliphatic heterocycles. The SMILES string of the molecule is COc1cc(C(=O)O)c(C)c(N)c1S(C)(=O)=O. The fourth-order valence-electron chi connectivity index (χ4n) is 1.51. The van der Waals surface area contributed by atoms with E-state index in [-0.39, 0.29) is 27.5 Å². The second-order valence-electron chi connectivity index (χ2n) is 3.57. The zero-order valence-corrected chi connectivity index (χ0v) is 10.5. The molecule has 0 unspecified atom stereocenters. The van der Waals surface area contributed by atoms with Crippen molar-refractivity contribution < 1.29 is 23.1 Å². The Morgan fingerprint density at radius 2 is 2.00 bits per heavy atom. The summed E-state index contributed by atoms with van der Waals surface area (Å²) >= 11 is 0. The third kappa shape index (κ3) is 2.33. The van der Waals surface area contributed by atoms with Crippen LogP contribution in [0.25, 0.3) is 0 Å². The van der Waals surface area contributed by atoms with Gasteiger partial charge in [-0.1, -0.05) is 0 Å². The second-order valence-corrected chi connectivity index (χ2v) is 5.52. The van der Waals surface area contributed by atoms with Gasteiger partial charge in [0.05, 0.1) is 18.4 Å². The Balaban J connectivity index is 3.77. The van der Waals surface area contributed by atoms with E-state index in [0.29, 0.717) is 0 Å². The van der Waals surface area contributed by atoms with E-state index < -0.39 is 15.8 Å². The van der Waals surface area contributed by atoms with Crippen LogP contribution in [-0.2, 0) is 9.84 Å². The van der Waals surface area contributed by atoms with E-state index in [2.05, 4.69) is 0 Å². The largest absolute Gasteiger partial charge is 0.495 e. The van der Waals surface area contributed by atoms with E-state index in [0.717, 1.165) is 12.3 Å². The van der Waals surface area contributed by atoms with Crippen molar-refractivity contribution in [2.24, 2.45) is 0 Å². The number of hydrogen-bond acceptors (Lipinski definition) is 5. The Morgan fingerprint density at radius 1 is 1.47 bits per heavy atom. The number of hydrogen-bond donors (Lipinski definition) is 2. The van der Waals surface area contributed by atoms with Gasteiger partial charge in [0.1, 0.15) is 10.6 Å². The minimum absolute atomic E-state index is 0.0620.